The summed E-state index contributed by atoms with van der Waals surface area (Å²) >= 11 is 0. The van der Waals surface area contributed by atoms with Gasteiger partial charge in [0.25, 0.3) is 5.56 Å². The smallest absolute Gasteiger partial charge is 0.287 e. The lowest BCUT2D eigenvalue weighted by atomic mass is 10.0. The van der Waals surface area contributed by atoms with Crippen LogP contribution in [0.15, 0.2) is 23.0 Å². The van der Waals surface area contributed by atoms with Crippen LogP contribution in [0.1, 0.15) is 25.1 Å². The van der Waals surface area contributed by atoms with Gasteiger partial charge in [0.05, 0.1) is 11.3 Å². The molecule has 4 nitrogen and oxygen atoms in total. The summed E-state index contributed by atoms with van der Waals surface area (Å²) in [5, 5.41) is 0. The molecule has 5 heteroatoms. The van der Waals surface area contributed by atoms with Gasteiger partial charge in [-0.25, -0.2) is 4.98 Å². The van der Waals surface area contributed by atoms with Gasteiger partial charge in [-0.05, 0) is 32.4 Å². The quantitative estimate of drug-likeness (QED) is 0.869. The number of aromatic amines is 1. The Bertz CT molecular complexity index is 750. The van der Waals surface area contributed by atoms with E-state index in [1.54, 1.807) is 0 Å². The highest BCUT2D eigenvalue weighted by molar-refractivity contribution is 5.68. The van der Waals surface area contributed by atoms with Crippen LogP contribution in [0.5, 0.6) is 5.75 Å². The van der Waals surface area contributed by atoms with Crippen molar-refractivity contribution in [2.45, 2.75) is 32.8 Å². The van der Waals surface area contributed by atoms with Gasteiger partial charge in [-0.15, -0.1) is 0 Å². The Labute approximate surface area is 115 Å². The molecule has 3 rings (SSSR count). The lowest BCUT2D eigenvalue weighted by Gasteiger charge is -2.18. The summed E-state index contributed by atoms with van der Waals surface area (Å²) in [4.78, 5) is 18.1. The Morgan fingerprint density at radius 3 is 2.85 bits per heavy atom. The van der Waals surface area contributed by atoms with E-state index in [-0.39, 0.29) is 11.3 Å². The molecule has 1 N–H and O–H groups in total. The minimum Gasteiger partial charge on any atom is -0.486 e. The number of halogens is 1. The van der Waals surface area contributed by atoms with Crippen LogP contribution >= 0.6 is 0 Å². The molecule has 1 aromatic carbocycles. The van der Waals surface area contributed by atoms with Gasteiger partial charge in [0.2, 0.25) is 5.82 Å². The number of aromatic nitrogens is 2. The molecule has 2 aromatic rings. The van der Waals surface area contributed by atoms with Gasteiger partial charge in [-0.2, -0.15) is 4.39 Å². The fourth-order valence-corrected chi connectivity index (χ4v) is 2.50. The van der Waals surface area contributed by atoms with Gasteiger partial charge < -0.3 is 9.72 Å². The number of H-pyrrole nitrogens is 1. The maximum absolute atomic E-state index is 13.4. The van der Waals surface area contributed by atoms with Crippen LogP contribution in [-0.4, -0.2) is 15.6 Å². The Morgan fingerprint density at radius 1 is 1.40 bits per heavy atom. The van der Waals surface area contributed by atoms with E-state index in [9.17, 15) is 9.18 Å². The minimum absolute atomic E-state index is 0.0820. The van der Waals surface area contributed by atoms with Crippen LogP contribution in [0.2, 0.25) is 0 Å². The normalized spacial score (nSPS) is 15.8. The first-order valence-corrected chi connectivity index (χ1v) is 6.45. The van der Waals surface area contributed by atoms with E-state index in [1.807, 2.05) is 32.0 Å². The van der Waals surface area contributed by atoms with Crippen molar-refractivity contribution in [1.82, 2.24) is 9.97 Å². The maximum atomic E-state index is 13.4. The minimum atomic E-state index is -0.845. The molecule has 0 atom stereocenters. The zero-order valence-electron chi connectivity index (χ0n) is 11.6. The topological polar surface area (TPSA) is 55.0 Å². The predicted octanol–water partition coefficient (Wildman–Crippen LogP) is 2.60. The van der Waals surface area contributed by atoms with Gasteiger partial charge >= 0.3 is 0 Å². The van der Waals surface area contributed by atoms with Crippen LogP contribution in [0.25, 0.3) is 11.4 Å². The number of rotatable bonds is 1. The average Bonchev–Trinajstić information content (AvgIpc) is 2.68. The first-order valence-electron chi connectivity index (χ1n) is 6.45. The predicted molar refractivity (Wildman–Crippen MR) is 73.4 cm³/mol. The molecule has 1 aliphatic rings. The average molecular weight is 274 g/mol. The molecule has 0 radical (unpaired) electrons. The van der Waals surface area contributed by atoms with Crippen molar-refractivity contribution in [2.24, 2.45) is 0 Å². The number of aryl methyl sites for hydroxylation is 1. The van der Waals surface area contributed by atoms with Gasteiger partial charge in [-0.1, -0.05) is 12.1 Å². The zero-order valence-corrected chi connectivity index (χ0v) is 11.6. The third-order valence-corrected chi connectivity index (χ3v) is 3.37. The number of hydrogen-bond acceptors (Lipinski definition) is 3. The third kappa shape index (κ3) is 1.99. The van der Waals surface area contributed by atoms with Gasteiger partial charge in [-0.3, -0.25) is 4.79 Å². The van der Waals surface area contributed by atoms with Gasteiger partial charge in [0.15, 0.2) is 0 Å². The molecule has 0 saturated heterocycles. The van der Waals surface area contributed by atoms with Crippen molar-refractivity contribution >= 4 is 0 Å². The molecule has 1 aliphatic heterocycles. The largest absolute Gasteiger partial charge is 0.486 e. The van der Waals surface area contributed by atoms with Crippen molar-refractivity contribution in [3.8, 4) is 17.1 Å². The molecule has 104 valence electrons. The number of ether oxygens (including phenoxy) is 1. The Morgan fingerprint density at radius 2 is 2.15 bits per heavy atom. The van der Waals surface area contributed by atoms with Crippen LogP contribution in [0, 0.1) is 12.7 Å². The van der Waals surface area contributed by atoms with E-state index in [2.05, 4.69) is 9.97 Å². The summed E-state index contributed by atoms with van der Waals surface area (Å²) < 4.78 is 19.3. The van der Waals surface area contributed by atoms with E-state index in [4.69, 9.17) is 4.74 Å². The summed E-state index contributed by atoms with van der Waals surface area (Å²) in [6, 6.07) is 5.69. The highest BCUT2D eigenvalue weighted by Gasteiger charge is 2.32. The standard InChI is InChI=1S/C15H15FN2O2/c1-8-11(16)14(19)18-13(17-8)10-6-4-5-9-7-15(2,3)20-12(9)10/h4-6H,7H2,1-3H3,(H,17,18,19). The fourth-order valence-electron chi connectivity index (χ4n) is 2.50. The Kier molecular flexibility index (Phi) is 2.67. The molecule has 0 bridgehead atoms. The van der Waals surface area contributed by atoms with Gasteiger partial charge in [0, 0.05) is 6.42 Å². The number of benzene rings is 1. The molecule has 0 spiro atoms. The first-order chi connectivity index (χ1) is 9.37. The molecular weight excluding hydrogens is 259 g/mol. The summed E-state index contributed by atoms with van der Waals surface area (Å²) in [6.45, 7) is 5.48. The number of fused-ring (bicyclic) bond motifs is 1. The van der Waals surface area contributed by atoms with Gasteiger partial charge in [0.1, 0.15) is 17.2 Å². The maximum Gasteiger partial charge on any atom is 0.287 e. The first kappa shape index (κ1) is 12.8. The van der Waals surface area contributed by atoms with E-state index < -0.39 is 11.4 Å². The molecular formula is C15H15FN2O2. The summed E-state index contributed by atoms with van der Waals surface area (Å²) in [6.07, 6.45) is 0.792. The molecule has 0 fully saturated rings. The van der Waals surface area contributed by atoms with E-state index in [0.717, 1.165) is 12.0 Å². The van der Waals surface area contributed by atoms with E-state index in [1.165, 1.54) is 6.92 Å². The van der Waals surface area contributed by atoms with Crippen LogP contribution in [0.3, 0.4) is 0 Å². The Hall–Kier alpha value is -2.17. The lowest BCUT2D eigenvalue weighted by Crippen LogP contribution is -2.24. The second kappa shape index (κ2) is 4.16. The van der Waals surface area contributed by atoms with Crippen molar-refractivity contribution < 1.29 is 9.13 Å². The van der Waals surface area contributed by atoms with Crippen LogP contribution < -0.4 is 10.3 Å². The summed E-state index contributed by atoms with van der Waals surface area (Å²) in [5.74, 6) is 0.206. The van der Waals surface area contributed by atoms with Crippen molar-refractivity contribution in [3.63, 3.8) is 0 Å². The monoisotopic (exact) mass is 274 g/mol. The number of hydrogen-bond donors (Lipinski definition) is 1. The van der Waals surface area contributed by atoms with E-state index in [0.29, 0.717) is 17.1 Å². The molecule has 0 saturated carbocycles. The summed E-state index contributed by atoms with van der Waals surface area (Å²) in [7, 11) is 0. The highest BCUT2D eigenvalue weighted by atomic mass is 19.1. The van der Waals surface area contributed by atoms with Crippen LogP contribution in [0.4, 0.5) is 4.39 Å². The molecule has 2 heterocycles. The number of nitrogens with zero attached hydrogens (tertiary/aromatic N) is 1. The molecule has 20 heavy (non-hydrogen) atoms. The van der Waals surface area contributed by atoms with Crippen molar-refractivity contribution in [3.05, 3.63) is 45.6 Å². The second-order valence-corrected chi connectivity index (χ2v) is 5.65. The molecule has 0 unspecified atom stereocenters. The lowest BCUT2D eigenvalue weighted by molar-refractivity contribution is 0.139. The van der Waals surface area contributed by atoms with Crippen LogP contribution in [-0.2, 0) is 6.42 Å². The van der Waals surface area contributed by atoms with Crippen molar-refractivity contribution in [2.75, 3.05) is 0 Å². The summed E-state index contributed by atoms with van der Waals surface area (Å²) in [5.41, 5.74) is 0.791. The third-order valence-electron chi connectivity index (χ3n) is 3.37. The molecule has 1 aromatic heterocycles. The number of para-hydroxylation sites is 1. The zero-order chi connectivity index (χ0) is 14.5. The molecule has 0 amide bonds. The second-order valence-electron chi connectivity index (χ2n) is 5.65. The number of nitrogens with one attached hydrogen (secondary N) is 1. The fraction of sp³-hybridized carbons (Fsp3) is 0.333. The highest BCUT2D eigenvalue weighted by Crippen LogP contribution is 2.40. The van der Waals surface area contributed by atoms with Crippen molar-refractivity contribution in [1.29, 1.82) is 0 Å². The Balaban J connectivity index is 2.19. The molecule has 0 aliphatic carbocycles. The SMILES string of the molecule is Cc1nc(-c2cccc3c2OC(C)(C)C3)[nH]c(=O)c1F. The van der Waals surface area contributed by atoms with E-state index >= 15 is 0 Å².